The molecule has 0 unspecified atom stereocenters. The normalized spacial score (nSPS) is 10.4. The lowest BCUT2D eigenvalue weighted by Crippen LogP contribution is -2.04. The van der Waals surface area contributed by atoms with Gasteiger partial charge in [0, 0.05) is 21.5 Å². The van der Waals surface area contributed by atoms with Crippen molar-refractivity contribution in [3.63, 3.8) is 0 Å². The van der Waals surface area contributed by atoms with E-state index in [4.69, 9.17) is 4.74 Å². The first-order chi connectivity index (χ1) is 8.54. The molecule has 0 aliphatic carbocycles. The average Bonchev–Trinajstić information content (AvgIpc) is 2.64. The molecule has 3 nitrogen and oxygen atoms in total. The molecule has 2 aromatic rings. The Hall–Kier alpha value is -1.55. The van der Waals surface area contributed by atoms with Crippen LogP contribution in [0.25, 0.3) is 5.69 Å². The predicted octanol–water partition coefficient (Wildman–Crippen LogP) is 3.64. The van der Waals surface area contributed by atoms with Gasteiger partial charge in [0.15, 0.2) is 0 Å². The van der Waals surface area contributed by atoms with Gasteiger partial charge in [-0.05, 0) is 38.1 Å². The Balaban J connectivity index is 2.59. The van der Waals surface area contributed by atoms with Gasteiger partial charge in [0.1, 0.15) is 0 Å². The topological polar surface area (TPSA) is 31.2 Å². The number of aryl methyl sites for hydroxylation is 1. The molecule has 0 amide bonds. The molecule has 0 saturated heterocycles. The van der Waals surface area contributed by atoms with Crippen LogP contribution in [0.5, 0.6) is 0 Å². The highest BCUT2D eigenvalue weighted by Gasteiger charge is 2.16. The molecule has 1 aromatic heterocycles. The first-order valence-corrected chi connectivity index (χ1v) is 6.37. The van der Waals surface area contributed by atoms with Gasteiger partial charge in [-0.2, -0.15) is 0 Å². The molecule has 1 heterocycles. The summed E-state index contributed by atoms with van der Waals surface area (Å²) in [7, 11) is 1.40. The number of rotatable bonds is 2. The maximum absolute atomic E-state index is 11.7. The molecule has 1 aromatic carbocycles. The Bertz CT molecular complexity index is 602. The second-order valence-electron chi connectivity index (χ2n) is 4.09. The quantitative estimate of drug-likeness (QED) is 0.793. The smallest absolute Gasteiger partial charge is 0.339 e. The summed E-state index contributed by atoms with van der Waals surface area (Å²) in [6.07, 6.45) is 0. The highest BCUT2D eigenvalue weighted by atomic mass is 79.9. The lowest BCUT2D eigenvalue weighted by atomic mass is 10.2. The Morgan fingerprint density at radius 1 is 1.28 bits per heavy atom. The molecule has 94 valence electrons. The molecule has 0 aliphatic heterocycles. The summed E-state index contributed by atoms with van der Waals surface area (Å²) in [5.41, 5.74) is 3.52. The molecular weight excluding hydrogens is 294 g/mol. The monoisotopic (exact) mass is 307 g/mol. The average molecular weight is 308 g/mol. The van der Waals surface area contributed by atoms with Crippen LogP contribution < -0.4 is 0 Å². The zero-order valence-electron chi connectivity index (χ0n) is 10.5. The first-order valence-electron chi connectivity index (χ1n) is 5.58. The van der Waals surface area contributed by atoms with E-state index in [0.29, 0.717) is 5.56 Å². The van der Waals surface area contributed by atoms with Crippen LogP contribution in [0.1, 0.15) is 21.7 Å². The van der Waals surface area contributed by atoms with E-state index in [0.717, 1.165) is 21.5 Å². The van der Waals surface area contributed by atoms with Crippen LogP contribution in [0, 0.1) is 13.8 Å². The zero-order chi connectivity index (χ0) is 13.3. The molecule has 2 rings (SSSR count). The maximum Gasteiger partial charge on any atom is 0.339 e. The van der Waals surface area contributed by atoms with E-state index in [9.17, 15) is 4.79 Å². The molecule has 0 atom stereocenters. The van der Waals surface area contributed by atoms with Crippen molar-refractivity contribution in [1.29, 1.82) is 0 Å². The van der Waals surface area contributed by atoms with Crippen molar-refractivity contribution in [1.82, 2.24) is 4.57 Å². The third-order valence-corrected chi connectivity index (χ3v) is 3.40. The number of ether oxygens (including phenoxy) is 1. The fourth-order valence-corrected chi connectivity index (χ4v) is 2.48. The fraction of sp³-hybridized carbons (Fsp3) is 0.214. The third kappa shape index (κ3) is 2.20. The number of hydrogen-bond donors (Lipinski definition) is 0. The van der Waals surface area contributed by atoms with Gasteiger partial charge in [0.25, 0.3) is 0 Å². The second kappa shape index (κ2) is 4.98. The van der Waals surface area contributed by atoms with E-state index in [-0.39, 0.29) is 5.97 Å². The molecule has 18 heavy (non-hydrogen) atoms. The summed E-state index contributed by atoms with van der Waals surface area (Å²) in [6, 6.07) is 9.81. The van der Waals surface area contributed by atoms with Crippen LogP contribution in [0.3, 0.4) is 0 Å². The van der Waals surface area contributed by atoms with Gasteiger partial charge in [0.05, 0.1) is 12.7 Å². The molecule has 0 N–H and O–H groups in total. The maximum atomic E-state index is 11.7. The molecule has 0 aliphatic rings. The minimum atomic E-state index is -0.302. The number of hydrogen-bond acceptors (Lipinski definition) is 2. The van der Waals surface area contributed by atoms with E-state index in [1.807, 2.05) is 48.7 Å². The summed E-state index contributed by atoms with van der Waals surface area (Å²) in [4.78, 5) is 11.7. The Labute approximate surface area is 115 Å². The van der Waals surface area contributed by atoms with Crippen molar-refractivity contribution >= 4 is 21.9 Å². The Morgan fingerprint density at radius 2 is 2.00 bits per heavy atom. The van der Waals surface area contributed by atoms with Gasteiger partial charge in [-0.25, -0.2) is 4.79 Å². The lowest BCUT2D eigenvalue weighted by molar-refractivity contribution is 0.0600. The van der Waals surface area contributed by atoms with E-state index in [1.54, 1.807) is 0 Å². The zero-order valence-corrected chi connectivity index (χ0v) is 12.1. The largest absolute Gasteiger partial charge is 0.465 e. The molecular formula is C14H14BrNO2. The fourth-order valence-electron chi connectivity index (χ4n) is 2.09. The standard InChI is InChI=1S/C14H14BrNO2/c1-9-7-13(14(17)18-3)10(2)16(9)12-6-4-5-11(15)8-12/h4-8H,1-3H3. The van der Waals surface area contributed by atoms with Crippen molar-refractivity contribution in [3.05, 3.63) is 51.8 Å². The predicted molar refractivity (Wildman–Crippen MR) is 74.3 cm³/mol. The molecule has 0 fully saturated rings. The molecule has 4 heteroatoms. The number of carbonyl (C=O) groups excluding carboxylic acids is 1. The summed E-state index contributed by atoms with van der Waals surface area (Å²) in [5, 5.41) is 0. The van der Waals surface area contributed by atoms with Gasteiger partial charge in [-0.15, -0.1) is 0 Å². The van der Waals surface area contributed by atoms with Crippen molar-refractivity contribution < 1.29 is 9.53 Å². The van der Waals surface area contributed by atoms with Crippen molar-refractivity contribution in [3.8, 4) is 5.69 Å². The van der Waals surface area contributed by atoms with Crippen LogP contribution in [-0.2, 0) is 4.74 Å². The molecule has 0 radical (unpaired) electrons. The summed E-state index contributed by atoms with van der Waals surface area (Å²) in [6.45, 7) is 3.89. The third-order valence-electron chi connectivity index (χ3n) is 2.90. The Kier molecular flexibility index (Phi) is 3.57. The van der Waals surface area contributed by atoms with Gasteiger partial charge < -0.3 is 9.30 Å². The van der Waals surface area contributed by atoms with Gasteiger partial charge in [-0.1, -0.05) is 22.0 Å². The van der Waals surface area contributed by atoms with Gasteiger partial charge in [0.2, 0.25) is 0 Å². The van der Waals surface area contributed by atoms with Crippen LogP contribution in [0.15, 0.2) is 34.8 Å². The first kappa shape index (κ1) is 12.9. The van der Waals surface area contributed by atoms with Crippen molar-refractivity contribution in [2.75, 3.05) is 7.11 Å². The number of benzene rings is 1. The number of carbonyl (C=O) groups is 1. The van der Waals surface area contributed by atoms with E-state index < -0.39 is 0 Å². The van der Waals surface area contributed by atoms with E-state index >= 15 is 0 Å². The highest BCUT2D eigenvalue weighted by molar-refractivity contribution is 9.10. The van der Waals surface area contributed by atoms with Gasteiger partial charge >= 0.3 is 5.97 Å². The number of nitrogens with zero attached hydrogens (tertiary/aromatic N) is 1. The van der Waals surface area contributed by atoms with Crippen LogP contribution >= 0.6 is 15.9 Å². The van der Waals surface area contributed by atoms with E-state index in [1.165, 1.54) is 7.11 Å². The van der Waals surface area contributed by atoms with Gasteiger partial charge in [-0.3, -0.25) is 0 Å². The van der Waals surface area contributed by atoms with Crippen LogP contribution in [-0.4, -0.2) is 17.6 Å². The van der Waals surface area contributed by atoms with Crippen LogP contribution in [0.2, 0.25) is 0 Å². The number of methoxy groups -OCH3 is 1. The number of halogens is 1. The highest BCUT2D eigenvalue weighted by Crippen LogP contribution is 2.23. The summed E-state index contributed by atoms with van der Waals surface area (Å²) in [5.74, 6) is -0.302. The molecule has 0 spiro atoms. The second-order valence-corrected chi connectivity index (χ2v) is 5.01. The minimum Gasteiger partial charge on any atom is -0.465 e. The lowest BCUT2D eigenvalue weighted by Gasteiger charge is -2.10. The number of esters is 1. The number of aromatic nitrogens is 1. The summed E-state index contributed by atoms with van der Waals surface area (Å²) >= 11 is 3.45. The van der Waals surface area contributed by atoms with Crippen molar-refractivity contribution in [2.45, 2.75) is 13.8 Å². The van der Waals surface area contributed by atoms with E-state index in [2.05, 4.69) is 15.9 Å². The van der Waals surface area contributed by atoms with Crippen molar-refractivity contribution in [2.24, 2.45) is 0 Å². The Morgan fingerprint density at radius 3 is 2.61 bits per heavy atom. The summed E-state index contributed by atoms with van der Waals surface area (Å²) < 4.78 is 7.83. The molecule has 0 bridgehead atoms. The molecule has 0 saturated carbocycles. The minimum absolute atomic E-state index is 0.302. The SMILES string of the molecule is COC(=O)c1cc(C)n(-c2cccc(Br)c2)c1C. The van der Waals surface area contributed by atoms with Crippen LogP contribution in [0.4, 0.5) is 0 Å².